The van der Waals surface area contributed by atoms with Gasteiger partial charge in [0.25, 0.3) is 0 Å². The topological polar surface area (TPSA) is 72.0 Å². The van der Waals surface area contributed by atoms with E-state index in [2.05, 4.69) is 25.8 Å². The fourth-order valence-electron chi connectivity index (χ4n) is 2.20. The third-order valence-electron chi connectivity index (χ3n) is 3.45. The largest absolute Gasteiger partial charge is 0.495 e. The maximum absolute atomic E-state index is 12.6. The zero-order valence-corrected chi connectivity index (χ0v) is 14.6. The van der Waals surface area contributed by atoms with Crippen molar-refractivity contribution in [2.24, 2.45) is 0 Å². The molecule has 6 nitrogen and oxygen atoms in total. The van der Waals surface area contributed by atoms with Gasteiger partial charge in [-0.05, 0) is 42.5 Å². The fourth-order valence-corrected chi connectivity index (χ4v) is 2.38. The number of rotatable bonds is 5. The third-order valence-corrected chi connectivity index (χ3v) is 3.69. The Morgan fingerprint density at radius 2 is 1.78 bits per heavy atom. The Morgan fingerprint density at radius 3 is 2.44 bits per heavy atom. The van der Waals surface area contributed by atoms with Crippen LogP contribution in [0.3, 0.4) is 0 Å². The molecule has 27 heavy (non-hydrogen) atoms. The number of hydrogen-bond donors (Lipinski definition) is 2. The molecule has 10 heteroatoms. The Labute approximate surface area is 157 Å². The molecule has 140 valence electrons. The fraction of sp³-hybridized carbons (Fsp3) is 0.118. The Hall–Kier alpha value is -3.07. The first kappa shape index (κ1) is 18.7. The van der Waals surface area contributed by atoms with Crippen molar-refractivity contribution in [3.8, 4) is 5.75 Å². The van der Waals surface area contributed by atoms with Crippen LogP contribution >= 0.6 is 11.6 Å². The molecule has 0 aliphatic rings. The minimum Gasteiger partial charge on any atom is -0.495 e. The highest BCUT2D eigenvalue weighted by atomic mass is 35.5. The SMILES string of the molecule is COc1ccc(Cl)cc1Nc1cnnc(Nc2ccc(C(F)(F)F)cc2)n1. The monoisotopic (exact) mass is 395 g/mol. The summed E-state index contributed by atoms with van der Waals surface area (Å²) in [7, 11) is 1.52. The number of ether oxygens (including phenoxy) is 1. The molecule has 1 aromatic heterocycles. The van der Waals surface area contributed by atoms with E-state index in [0.717, 1.165) is 12.1 Å². The highest BCUT2D eigenvalue weighted by molar-refractivity contribution is 6.31. The zero-order chi connectivity index (χ0) is 19.4. The molecule has 3 rings (SSSR count). The number of alkyl halides is 3. The van der Waals surface area contributed by atoms with Crippen molar-refractivity contribution in [1.82, 2.24) is 15.2 Å². The predicted molar refractivity (Wildman–Crippen MR) is 95.8 cm³/mol. The summed E-state index contributed by atoms with van der Waals surface area (Å²) in [5.41, 5.74) is 0.226. The van der Waals surface area contributed by atoms with Gasteiger partial charge in [-0.25, -0.2) is 0 Å². The van der Waals surface area contributed by atoms with E-state index in [9.17, 15) is 13.2 Å². The maximum atomic E-state index is 12.6. The van der Waals surface area contributed by atoms with Crippen LogP contribution in [-0.4, -0.2) is 22.3 Å². The van der Waals surface area contributed by atoms with Gasteiger partial charge in [0.1, 0.15) is 5.75 Å². The van der Waals surface area contributed by atoms with Gasteiger partial charge in [-0.3, -0.25) is 0 Å². The molecule has 0 radical (unpaired) electrons. The number of halogens is 4. The van der Waals surface area contributed by atoms with Gasteiger partial charge in [0, 0.05) is 10.7 Å². The molecule has 0 fully saturated rings. The molecule has 0 saturated carbocycles. The maximum Gasteiger partial charge on any atom is 0.416 e. The minimum absolute atomic E-state index is 0.112. The summed E-state index contributed by atoms with van der Waals surface area (Å²) in [5.74, 6) is 1.01. The lowest BCUT2D eigenvalue weighted by molar-refractivity contribution is -0.137. The molecular weight excluding hydrogens is 383 g/mol. The molecule has 0 saturated heterocycles. The van der Waals surface area contributed by atoms with Gasteiger partial charge in [0.15, 0.2) is 5.82 Å². The van der Waals surface area contributed by atoms with E-state index in [1.807, 2.05) is 0 Å². The van der Waals surface area contributed by atoms with Crippen molar-refractivity contribution in [2.75, 3.05) is 17.7 Å². The second kappa shape index (κ2) is 7.67. The Kier molecular flexibility index (Phi) is 5.31. The Bertz CT molecular complexity index is 935. The molecule has 0 spiro atoms. The second-order valence-corrected chi connectivity index (χ2v) is 5.77. The highest BCUT2D eigenvalue weighted by Gasteiger charge is 2.29. The van der Waals surface area contributed by atoms with E-state index in [1.54, 1.807) is 18.2 Å². The summed E-state index contributed by atoms with van der Waals surface area (Å²) >= 11 is 5.99. The van der Waals surface area contributed by atoms with E-state index < -0.39 is 11.7 Å². The average Bonchev–Trinajstić information content (AvgIpc) is 2.62. The predicted octanol–water partition coefficient (Wildman–Crippen LogP) is 5.04. The van der Waals surface area contributed by atoms with Crippen LogP contribution in [0.2, 0.25) is 5.02 Å². The molecular formula is C17H13ClF3N5O. The van der Waals surface area contributed by atoms with Gasteiger partial charge in [0.05, 0.1) is 24.6 Å². The van der Waals surface area contributed by atoms with Crippen LogP contribution in [-0.2, 0) is 6.18 Å². The summed E-state index contributed by atoms with van der Waals surface area (Å²) in [4.78, 5) is 4.22. The minimum atomic E-state index is -4.39. The van der Waals surface area contributed by atoms with Crippen LogP contribution in [0, 0.1) is 0 Å². The van der Waals surface area contributed by atoms with Crippen LogP contribution in [0.15, 0.2) is 48.7 Å². The molecule has 0 atom stereocenters. The zero-order valence-electron chi connectivity index (χ0n) is 13.9. The van der Waals surface area contributed by atoms with Gasteiger partial charge >= 0.3 is 6.18 Å². The summed E-state index contributed by atoms with van der Waals surface area (Å²) in [6, 6.07) is 9.54. The molecule has 0 aliphatic carbocycles. The van der Waals surface area contributed by atoms with Gasteiger partial charge < -0.3 is 15.4 Å². The van der Waals surface area contributed by atoms with Crippen LogP contribution in [0.1, 0.15) is 5.56 Å². The standard InChI is InChI=1S/C17H13ClF3N5O/c1-27-14-7-4-11(18)8-13(14)24-15-9-22-26-16(25-15)23-12-5-2-10(3-6-12)17(19,20)21/h2-9H,1H3,(H2,23,24,25,26). The van der Waals surface area contributed by atoms with Crippen LogP contribution in [0.5, 0.6) is 5.75 Å². The molecule has 0 aliphatic heterocycles. The molecule has 3 aromatic rings. The first-order chi connectivity index (χ1) is 12.8. The van der Waals surface area contributed by atoms with E-state index in [-0.39, 0.29) is 5.95 Å². The summed E-state index contributed by atoms with van der Waals surface area (Å²) in [5, 5.41) is 13.9. The summed E-state index contributed by atoms with van der Waals surface area (Å²) < 4.78 is 43.1. The lowest BCUT2D eigenvalue weighted by atomic mass is 10.2. The molecule has 0 unspecified atom stereocenters. The van der Waals surface area contributed by atoms with Crippen molar-refractivity contribution < 1.29 is 17.9 Å². The number of methoxy groups -OCH3 is 1. The quantitative estimate of drug-likeness (QED) is 0.630. The number of hydrogen-bond acceptors (Lipinski definition) is 6. The van der Waals surface area contributed by atoms with Crippen molar-refractivity contribution >= 4 is 34.7 Å². The summed E-state index contributed by atoms with van der Waals surface area (Å²) in [6.45, 7) is 0. The number of anilines is 4. The first-order valence-corrected chi connectivity index (χ1v) is 7.97. The normalized spacial score (nSPS) is 11.1. The lowest BCUT2D eigenvalue weighted by Crippen LogP contribution is -2.05. The lowest BCUT2D eigenvalue weighted by Gasteiger charge is -2.12. The van der Waals surface area contributed by atoms with Crippen LogP contribution in [0.25, 0.3) is 0 Å². The van der Waals surface area contributed by atoms with Crippen LogP contribution in [0.4, 0.5) is 36.3 Å². The molecule has 2 N–H and O–H groups in total. The van der Waals surface area contributed by atoms with Crippen molar-refractivity contribution in [3.63, 3.8) is 0 Å². The number of benzene rings is 2. The number of nitrogens with one attached hydrogen (secondary N) is 2. The van der Waals surface area contributed by atoms with Gasteiger partial charge in [-0.15, -0.1) is 5.10 Å². The molecule has 0 bridgehead atoms. The van der Waals surface area contributed by atoms with E-state index >= 15 is 0 Å². The second-order valence-electron chi connectivity index (χ2n) is 5.33. The van der Waals surface area contributed by atoms with E-state index in [0.29, 0.717) is 28.0 Å². The number of aromatic nitrogens is 3. The van der Waals surface area contributed by atoms with Gasteiger partial charge in [-0.2, -0.15) is 23.3 Å². The Balaban J connectivity index is 1.77. The van der Waals surface area contributed by atoms with E-state index in [1.165, 1.54) is 25.4 Å². The first-order valence-electron chi connectivity index (χ1n) is 7.60. The number of nitrogens with zero attached hydrogens (tertiary/aromatic N) is 3. The van der Waals surface area contributed by atoms with Gasteiger partial charge in [0.2, 0.25) is 5.95 Å². The molecule has 0 amide bonds. The molecule has 1 heterocycles. The van der Waals surface area contributed by atoms with Crippen molar-refractivity contribution in [1.29, 1.82) is 0 Å². The average molecular weight is 396 g/mol. The third kappa shape index (κ3) is 4.76. The van der Waals surface area contributed by atoms with Gasteiger partial charge in [-0.1, -0.05) is 11.6 Å². The summed E-state index contributed by atoms with van der Waals surface area (Å²) in [6.07, 6.45) is -3.01. The highest BCUT2D eigenvalue weighted by Crippen LogP contribution is 2.31. The Morgan fingerprint density at radius 1 is 1.04 bits per heavy atom. The van der Waals surface area contributed by atoms with Crippen molar-refractivity contribution in [3.05, 3.63) is 59.2 Å². The smallest absolute Gasteiger partial charge is 0.416 e. The van der Waals surface area contributed by atoms with Crippen LogP contribution < -0.4 is 15.4 Å². The molecule has 2 aromatic carbocycles. The van der Waals surface area contributed by atoms with E-state index in [4.69, 9.17) is 16.3 Å². The van der Waals surface area contributed by atoms with Crippen molar-refractivity contribution in [2.45, 2.75) is 6.18 Å².